The molecule has 35 heavy (non-hydrogen) atoms. The summed E-state index contributed by atoms with van der Waals surface area (Å²) in [4.78, 5) is 10.9. The number of aldehydes is 1. The van der Waals surface area contributed by atoms with Gasteiger partial charge in [0, 0.05) is 5.56 Å². The summed E-state index contributed by atoms with van der Waals surface area (Å²) in [6.07, 6.45) is 1.58. The molecule has 1 unspecified atom stereocenters. The van der Waals surface area contributed by atoms with Crippen LogP contribution < -0.4 is 15.2 Å². The molecular formula is C30H31O3PSi. The maximum Gasteiger partial charge on any atom is 0.150 e. The Hall–Kier alpha value is -3.04. The lowest BCUT2D eigenvalue weighted by Crippen LogP contribution is -2.47. The molecule has 5 heteroatoms. The fourth-order valence-electron chi connectivity index (χ4n) is 3.80. The number of benzene rings is 4. The number of hydrogen-bond donors (Lipinski definition) is 0. The van der Waals surface area contributed by atoms with Crippen LogP contribution in [0.3, 0.4) is 0 Å². The molecule has 4 aromatic carbocycles. The summed E-state index contributed by atoms with van der Waals surface area (Å²) in [7, 11) is 0.923. The van der Waals surface area contributed by atoms with E-state index in [0.717, 1.165) is 28.7 Å². The normalized spacial score (nSPS) is 11.3. The maximum atomic E-state index is 10.9. The average molecular weight is 499 g/mol. The molecule has 0 radical (unpaired) electrons. The van der Waals surface area contributed by atoms with E-state index >= 15 is 0 Å². The summed E-state index contributed by atoms with van der Waals surface area (Å²) >= 11 is 0. The Morgan fingerprint density at radius 2 is 1.23 bits per heavy atom. The highest BCUT2D eigenvalue weighted by molar-refractivity contribution is 7.27. The summed E-state index contributed by atoms with van der Waals surface area (Å²) in [5, 5.41) is 2.53. The Balaban J connectivity index is 1.29. The molecule has 4 rings (SSSR count). The topological polar surface area (TPSA) is 35.5 Å². The van der Waals surface area contributed by atoms with Gasteiger partial charge >= 0.3 is 0 Å². The van der Waals surface area contributed by atoms with Crippen LogP contribution in [-0.4, -0.2) is 20.6 Å². The van der Waals surface area contributed by atoms with E-state index < -0.39 is 8.07 Å². The second-order valence-electron chi connectivity index (χ2n) is 9.37. The van der Waals surface area contributed by atoms with Crippen molar-refractivity contribution in [3.8, 4) is 16.9 Å². The quantitative estimate of drug-likeness (QED) is 0.155. The minimum Gasteiger partial charge on any atom is -0.497 e. The molecule has 0 saturated carbocycles. The van der Waals surface area contributed by atoms with Gasteiger partial charge < -0.3 is 9.47 Å². The van der Waals surface area contributed by atoms with E-state index in [4.69, 9.17) is 9.47 Å². The first-order valence-corrected chi connectivity index (χ1v) is 15.5. The van der Waals surface area contributed by atoms with E-state index in [9.17, 15) is 4.79 Å². The summed E-state index contributed by atoms with van der Waals surface area (Å²) in [5.41, 5.74) is 5.26. The highest BCUT2D eigenvalue weighted by atomic mass is 31.0. The van der Waals surface area contributed by atoms with Gasteiger partial charge in [0.15, 0.2) is 0 Å². The van der Waals surface area contributed by atoms with Crippen molar-refractivity contribution in [3.05, 3.63) is 114 Å². The van der Waals surface area contributed by atoms with Gasteiger partial charge in [-0.25, -0.2) is 0 Å². The van der Waals surface area contributed by atoms with Gasteiger partial charge in [0.05, 0.1) is 19.4 Å². The van der Waals surface area contributed by atoms with Crippen molar-refractivity contribution in [2.45, 2.75) is 26.3 Å². The predicted molar refractivity (Wildman–Crippen MR) is 151 cm³/mol. The first kappa shape index (κ1) is 25.1. The highest BCUT2D eigenvalue weighted by Crippen LogP contribution is 2.20. The van der Waals surface area contributed by atoms with Crippen LogP contribution in [0.15, 0.2) is 97.1 Å². The lowest BCUT2D eigenvalue weighted by Gasteiger charge is -2.23. The number of carbonyl (C=O) groups is 1. The van der Waals surface area contributed by atoms with E-state index in [1.54, 1.807) is 0 Å². The fourth-order valence-corrected chi connectivity index (χ4v) is 5.75. The smallest absolute Gasteiger partial charge is 0.150 e. The number of hydrogen-bond acceptors (Lipinski definition) is 3. The van der Waals surface area contributed by atoms with E-state index in [0.29, 0.717) is 25.0 Å². The van der Waals surface area contributed by atoms with E-state index in [-0.39, 0.29) is 0 Å². The predicted octanol–water partition coefficient (Wildman–Crippen LogP) is 5.92. The third kappa shape index (κ3) is 6.99. The van der Waals surface area contributed by atoms with E-state index in [1.807, 2.05) is 36.4 Å². The van der Waals surface area contributed by atoms with Crippen molar-refractivity contribution >= 4 is 34.1 Å². The fraction of sp³-hybridized carbons (Fsp3) is 0.167. The van der Waals surface area contributed by atoms with Gasteiger partial charge in [0.25, 0.3) is 0 Å². The molecule has 3 nitrogen and oxygen atoms in total. The zero-order valence-corrected chi connectivity index (χ0v) is 22.4. The minimum atomic E-state index is -1.77. The van der Waals surface area contributed by atoms with Crippen LogP contribution in [0, 0.1) is 0 Å². The Labute approximate surface area is 211 Å². The third-order valence-corrected chi connectivity index (χ3v) is 9.23. The standard InChI is InChI=1S/C30H31O3PSi/c1-35(2,30-17-11-27(12-18-30)26-9-3-23(19-31)4-10-26)22-33-28-13-5-24(6-14-28)20-32-21-25-7-15-29(34)16-8-25/h3-19H,20-22,34H2,1-2H3. The van der Waals surface area contributed by atoms with Crippen LogP contribution in [0.4, 0.5) is 0 Å². The van der Waals surface area contributed by atoms with Crippen LogP contribution in [0.2, 0.25) is 13.1 Å². The van der Waals surface area contributed by atoms with Gasteiger partial charge in [-0.05, 0) is 39.7 Å². The molecule has 0 fully saturated rings. The summed E-state index contributed by atoms with van der Waals surface area (Å²) < 4.78 is 12.0. The summed E-state index contributed by atoms with van der Waals surface area (Å²) in [6, 6.07) is 32.9. The van der Waals surface area contributed by atoms with Crippen LogP contribution in [-0.2, 0) is 18.0 Å². The third-order valence-electron chi connectivity index (χ3n) is 6.09. The molecule has 0 aliphatic carbocycles. The molecule has 0 saturated heterocycles. The summed E-state index contributed by atoms with van der Waals surface area (Å²) in [6.45, 7) is 5.83. The van der Waals surface area contributed by atoms with Gasteiger partial charge in [-0.3, -0.25) is 4.79 Å². The molecular weight excluding hydrogens is 467 g/mol. The van der Waals surface area contributed by atoms with E-state index in [2.05, 4.69) is 83.0 Å². The Morgan fingerprint density at radius 3 is 1.77 bits per heavy atom. The Bertz CT molecular complexity index is 1230. The highest BCUT2D eigenvalue weighted by Gasteiger charge is 2.24. The van der Waals surface area contributed by atoms with Crippen molar-refractivity contribution in [2.24, 2.45) is 0 Å². The lowest BCUT2D eigenvalue weighted by molar-refractivity contribution is 0.107. The molecule has 0 heterocycles. The number of ether oxygens (including phenoxy) is 2. The Kier molecular flexibility index (Phi) is 8.30. The first-order chi connectivity index (χ1) is 16.9. The Morgan fingerprint density at radius 1 is 0.714 bits per heavy atom. The number of rotatable bonds is 10. The molecule has 0 bridgehead atoms. The van der Waals surface area contributed by atoms with Gasteiger partial charge in [0.2, 0.25) is 0 Å². The van der Waals surface area contributed by atoms with Crippen LogP contribution >= 0.6 is 9.24 Å². The average Bonchev–Trinajstić information content (AvgIpc) is 2.89. The summed E-state index contributed by atoms with van der Waals surface area (Å²) in [5.74, 6) is 0.886. The van der Waals surface area contributed by atoms with Crippen molar-refractivity contribution < 1.29 is 14.3 Å². The first-order valence-electron chi connectivity index (χ1n) is 11.7. The zero-order valence-electron chi connectivity index (χ0n) is 20.2. The monoisotopic (exact) mass is 498 g/mol. The van der Waals surface area contributed by atoms with Crippen molar-refractivity contribution in [1.29, 1.82) is 0 Å². The molecule has 0 aromatic heterocycles. The maximum absolute atomic E-state index is 10.9. The molecule has 4 aromatic rings. The van der Waals surface area contributed by atoms with Crippen molar-refractivity contribution in [3.63, 3.8) is 0 Å². The van der Waals surface area contributed by atoms with Crippen LogP contribution in [0.5, 0.6) is 5.75 Å². The second kappa shape index (κ2) is 11.6. The number of carbonyl (C=O) groups excluding carboxylic acids is 1. The molecule has 178 valence electrons. The largest absolute Gasteiger partial charge is 0.497 e. The van der Waals surface area contributed by atoms with Crippen molar-refractivity contribution in [2.75, 3.05) is 6.23 Å². The van der Waals surface area contributed by atoms with Gasteiger partial charge in [-0.15, -0.1) is 9.24 Å². The SMILES string of the molecule is C[Si](C)(COc1ccc(COCc2ccc(P)cc2)cc1)c1ccc(-c2ccc(C=O)cc2)cc1. The minimum absolute atomic E-state index is 0.577. The van der Waals surface area contributed by atoms with Gasteiger partial charge in [-0.2, -0.15) is 0 Å². The van der Waals surface area contributed by atoms with Crippen molar-refractivity contribution in [1.82, 2.24) is 0 Å². The molecule has 0 N–H and O–H groups in total. The molecule has 1 atom stereocenters. The van der Waals surface area contributed by atoms with E-state index in [1.165, 1.54) is 16.1 Å². The molecule has 0 aliphatic heterocycles. The van der Waals surface area contributed by atoms with Crippen LogP contribution in [0.25, 0.3) is 11.1 Å². The zero-order chi connectivity index (χ0) is 24.7. The molecule has 0 amide bonds. The van der Waals surface area contributed by atoms with Crippen LogP contribution in [0.1, 0.15) is 21.5 Å². The van der Waals surface area contributed by atoms with Gasteiger partial charge in [0.1, 0.15) is 20.1 Å². The van der Waals surface area contributed by atoms with Gasteiger partial charge in [-0.1, -0.05) is 103 Å². The second-order valence-corrected chi connectivity index (χ2v) is 14.7. The molecule has 0 aliphatic rings. The lowest BCUT2D eigenvalue weighted by atomic mass is 10.0. The molecule has 0 spiro atoms.